The van der Waals surface area contributed by atoms with Crippen LogP contribution >= 0.6 is 0 Å². The zero-order valence-electron chi connectivity index (χ0n) is 24.7. The number of hydrogen-bond acceptors (Lipinski definition) is 8. The van der Waals surface area contributed by atoms with Crippen LogP contribution in [0.1, 0.15) is 59.8 Å². The van der Waals surface area contributed by atoms with Gasteiger partial charge in [-0.05, 0) is 86.2 Å². The number of fused-ring (bicyclic) bond motifs is 2. The lowest BCUT2D eigenvalue weighted by atomic mass is 10.00. The van der Waals surface area contributed by atoms with Crippen LogP contribution in [-0.4, -0.2) is 62.5 Å². The molecule has 1 saturated carbocycles. The third kappa shape index (κ3) is 5.96. The molecule has 1 N–H and O–H groups in total. The van der Waals surface area contributed by atoms with Crippen LogP contribution in [0, 0.1) is 0 Å². The number of pyridine rings is 3. The van der Waals surface area contributed by atoms with E-state index in [0.29, 0.717) is 16.2 Å². The van der Waals surface area contributed by atoms with Gasteiger partial charge in [-0.15, -0.1) is 0 Å². The molecule has 3 aliphatic rings. The maximum Gasteiger partial charge on any atom is 0.251 e. The second kappa shape index (κ2) is 11.9. The first-order valence-electron chi connectivity index (χ1n) is 15.0. The molecule has 0 radical (unpaired) electrons. The lowest BCUT2D eigenvalue weighted by Gasteiger charge is -2.36. The summed E-state index contributed by atoms with van der Waals surface area (Å²) in [6.07, 6.45) is 3.99. The molecule has 1 aromatic carbocycles. The number of aromatic nitrogens is 3. The summed E-state index contributed by atoms with van der Waals surface area (Å²) in [5.74, 6) is 0.848. The van der Waals surface area contributed by atoms with E-state index in [1.54, 1.807) is 12.3 Å². The Bertz CT molecular complexity index is 1760. The van der Waals surface area contributed by atoms with Crippen LogP contribution in [0.25, 0.3) is 22.3 Å². The van der Waals surface area contributed by atoms with Crippen molar-refractivity contribution in [1.29, 1.82) is 0 Å². The number of benzene rings is 1. The Morgan fingerprint density at radius 2 is 1.86 bits per heavy atom. The van der Waals surface area contributed by atoms with Gasteiger partial charge in [0, 0.05) is 35.1 Å². The SMILES string of the molecule is CC1CN(c2cccc(-c3ccc4cnc(CNC(=O)c5cc(C6CC6)c6c(c5)S(=O)C(F)COC6)cc4n3)n2)CC(C)O1. The Balaban J connectivity index is 1.10. The van der Waals surface area contributed by atoms with Crippen molar-refractivity contribution in [2.24, 2.45) is 0 Å². The topological polar surface area (TPSA) is 107 Å². The molecule has 2 fully saturated rings. The Hall–Kier alpha value is -3.80. The highest BCUT2D eigenvalue weighted by Crippen LogP contribution is 2.44. The Labute approximate surface area is 257 Å². The molecule has 2 aliphatic heterocycles. The maximum absolute atomic E-state index is 14.4. The molecular formula is C33H34FN5O4S. The van der Waals surface area contributed by atoms with Gasteiger partial charge in [-0.1, -0.05) is 6.07 Å². The Kier molecular flexibility index (Phi) is 7.86. The fourth-order valence-electron chi connectivity index (χ4n) is 6.02. The van der Waals surface area contributed by atoms with Crippen molar-refractivity contribution in [3.8, 4) is 11.4 Å². The molecule has 4 atom stereocenters. The predicted octanol–water partition coefficient (Wildman–Crippen LogP) is 5.05. The second-order valence-corrected chi connectivity index (χ2v) is 13.4. The number of carbonyl (C=O) groups is 1. The van der Waals surface area contributed by atoms with Gasteiger partial charge in [-0.3, -0.25) is 14.0 Å². The van der Waals surface area contributed by atoms with Gasteiger partial charge in [-0.2, -0.15) is 0 Å². The highest BCUT2D eigenvalue weighted by atomic mass is 32.2. The fourth-order valence-corrected chi connectivity index (χ4v) is 7.18. The number of nitrogens with one attached hydrogen (secondary N) is 1. The van der Waals surface area contributed by atoms with Gasteiger partial charge >= 0.3 is 0 Å². The molecule has 5 heterocycles. The summed E-state index contributed by atoms with van der Waals surface area (Å²) in [5.41, 5.74) is 3.35. The van der Waals surface area contributed by atoms with Gasteiger partial charge in [0.25, 0.3) is 5.91 Å². The largest absolute Gasteiger partial charge is 0.373 e. The summed E-state index contributed by atoms with van der Waals surface area (Å²) in [5, 5.41) is 3.81. The highest BCUT2D eigenvalue weighted by Gasteiger charge is 2.33. The summed E-state index contributed by atoms with van der Waals surface area (Å²) >= 11 is 0. The average Bonchev–Trinajstić information content (AvgIpc) is 3.89. The van der Waals surface area contributed by atoms with Crippen molar-refractivity contribution in [3.63, 3.8) is 0 Å². The molecule has 1 amide bonds. The molecule has 4 unspecified atom stereocenters. The third-order valence-corrected chi connectivity index (χ3v) is 9.67. The quantitative estimate of drug-likeness (QED) is 0.322. The van der Waals surface area contributed by atoms with E-state index >= 15 is 0 Å². The second-order valence-electron chi connectivity index (χ2n) is 11.8. The smallest absolute Gasteiger partial charge is 0.251 e. The van der Waals surface area contributed by atoms with Gasteiger partial charge in [-0.25, -0.2) is 14.4 Å². The van der Waals surface area contributed by atoms with E-state index in [1.807, 2.05) is 42.5 Å². The number of nitrogens with zero attached hydrogens (tertiary/aromatic N) is 4. The fraction of sp³-hybridized carbons (Fsp3) is 0.394. The molecule has 1 saturated heterocycles. The molecule has 228 valence electrons. The molecular weight excluding hydrogens is 581 g/mol. The van der Waals surface area contributed by atoms with Gasteiger partial charge in [0.15, 0.2) is 0 Å². The van der Waals surface area contributed by atoms with Crippen LogP contribution in [0.5, 0.6) is 0 Å². The minimum absolute atomic E-state index is 0.132. The zero-order chi connectivity index (χ0) is 30.4. The molecule has 9 nitrogen and oxygen atoms in total. The maximum atomic E-state index is 14.4. The first-order valence-corrected chi connectivity index (χ1v) is 16.2. The van der Waals surface area contributed by atoms with Crippen molar-refractivity contribution < 1.29 is 22.9 Å². The molecule has 1 aliphatic carbocycles. The van der Waals surface area contributed by atoms with E-state index in [2.05, 4.69) is 29.0 Å². The average molecular weight is 616 g/mol. The van der Waals surface area contributed by atoms with E-state index in [-0.39, 0.29) is 43.8 Å². The number of halogens is 1. The highest BCUT2D eigenvalue weighted by molar-refractivity contribution is 7.85. The molecule has 4 aromatic rings. The van der Waals surface area contributed by atoms with E-state index in [0.717, 1.165) is 65.2 Å². The van der Waals surface area contributed by atoms with Gasteiger partial charge < -0.3 is 19.7 Å². The monoisotopic (exact) mass is 615 g/mol. The van der Waals surface area contributed by atoms with Crippen molar-refractivity contribution in [1.82, 2.24) is 20.3 Å². The van der Waals surface area contributed by atoms with Crippen LogP contribution in [0.15, 0.2) is 59.6 Å². The summed E-state index contributed by atoms with van der Waals surface area (Å²) in [6, 6.07) is 15.1. The zero-order valence-corrected chi connectivity index (χ0v) is 25.5. The summed E-state index contributed by atoms with van der Waals surface area (Å²) in [7, 11) is -1.89. The Morgan fingerprint density at radius 3 is 2.66 bits per heavy atom. The van der Waals surface area contributed by atoms with Gasteiger partial charge in [0.05, 0.1) is 65.4 Å². The van der Waals surface area contributed by atoms with Crippen LogP contribution in [0.2, 0.25) is 0 Å². The van der Waals surface area contributed by atoms with Crippen LogP contribution in [-0.2, 0) is 33.4 Å². The molecule has 0 bridgehead atoms. The summed E-state index contributed by atoms with van der Waals surface area (Å²) < 4.78 is 38.6. The number of anilines is 1. The number of alkyl halides is 1. The predicted molar refractivity (Wildman–Crippen MR) is 166 cm³/mol. The normalized spacial score (nSPS) is 23.7. The molecule has 3 aromatic heterocycles. The van der Waals surface area contributed by atoms with Crippen molar-refractivity contribution in [3.05, 3.63) is 77.1 Å². The number of ether oxygens (including phenoxy) is 2. The van der Waals surface area contributed by atoms with E-state index < -0.39 is 16.3 Å². The van der Waals surface area contributed by atoms with Crippen molar-refractivity contribution >= 4 is 33.4 Å². The molecule has 7 rings (SSSR count). The Morgan fingerprint density at radius 1 is 1.07 bits per heavy atom. The first-order chi connectivity index (χ1) is 21.3. The lowest BCUT2D eigenvalue weighted by molar-refractivity contribution is -0.00545. The van der Waals surface area contributed by atoms with E-state index in [4.69, 9.17) is 19.4 Å². The molecule has 44 heavy (non-hydrogen) atoms. The van der Waals surface area contributed by atoms with Crippen LogP contribution < -0.4 is 10.2 Å². The molecule has 0 spiro atoms. The van der Waals surface area contributed by atoms with E-state index in [9.17, 15) is 13.4 Å². The van der Waals surface area contributed by atoms with Crippen molar-refractivity contribution in [2.45, 2.75) is 68.4 Å². The van der Waals surface area contributed by atoms with Crippen molar-refractivity contribution in [2.75, 3.05) is 24.6 Å². The number of morpholine rings is 1. The minimum Gasteiger partial charge on any atom is -0.373 e. The lowest BCUT2D eigenvalue weighted by Crippen LogP contribution is -2.45. The number of hydrogen-bond donors (Lipinski definition) is 1. The number of rotatable bonds is 6. The van der Waals surface area contributed by atoms with Gasteiger partial charge in [0.1, 0.15) is 5.82 Å². The summed E-state index contributed by atoms with van der Waals surface area (Å²) in [4.78, 5) is 30.2. The standard InChI is InChI=1S/C33H34FN5O4S/c1-19-15-39(16-20(2)43-19)32-5-3-4-27(38-32)28-9-8-22-13-35-24(12-29(22)37-28)14-36-33(40)23-10-25(21-6-7-21)26-17-42-18-31(34)44(41)30(26)11-23/h3-5,8-13,19-21,31H,6-7,14-18H2,1-2H3,(H,36,40). The third-order valence-electron chi connectivity index (χ3n) is 8.27. The van der Waals surface area contributed by atoms with Crippen LogP contribution in [0.3, 0.4) is 0 Å². The first kappa shape index (κ1) is 28.9. The summed E-state index contributed by atoms with van der Waals surface area (Å²) in [6.45, 7) is 5.87. The van der Waals surface area contributed by atoms with E-state index in [1.165, 1.54) is 0 Å². The van der Waals surface area contributed by atoms with Crippen LogP contribution in [0.4, 0.5) is 10.2 Å². The number of amides is 1. The number of carbonyl (C=O) groups excluding carboxylic acids is 1. The van der Waals surface area contributed by atoms with Gasteiger partial charge in [0.2, 0.25) is 5.50 Å². The minimum atomic E-state index is -1.89. The molecule has 11 heteroatoms.